The summed E-state index contributed by atoms with van der Waals surface area (Å²) in [6.07, 6.45) is 7.77. The molecular weight excluding hydrogens is 376 g/mol. The quantitative estimate of drug-likeness (QED) is 0.773. The summed E-state index contributed by atoms with van der Waals surface area (Å²) in [5.74, 6) is 0.100. The van der Waals surface area contributed by atoms with Gasteiger partial charge in [0.1, 0.15) is 11.6 Å². The van der Waals surface area contributed by atoms with Gasteiger partial charge in [0.2, 0.25) is 5.91 Å². The van der Waals surface area contributed by atoms with Gasteiger partial charge >= 0.3 is 0 Å². The first-order valence-electron chi connectivity index (χ1n) is 11.8. The van der Waals surface area contributed by atoms with Gasteiger partial charge in [-0.2, -0.15) is 4.98 Å². The molecule has 6 nitrogen and oxygen atoms in total. The van der Waals surface area contributed by atoms with Gasteiger partial charge in [-0.25, -0.2) is 0 Å². The van der Waals surface area contributed by atoms with E-state index in [4.69, 9.17) is 9.40 Å². The van der Waals surface area contributed by atoms with Crippen molar-refractivity contribution in [2.75, 3.05) is 24.5 Å². The van der Waals surface area contributed by atoms with Crippen LogP contribution in [-0.2, 0) is 11.2 Å². The number of nitrogens with zero attached hydrogens (tertiary/aromatic N) is 3. The highest BCUT2D eigenvalue weighted by atomic mass is 16.4. The van der Waals surface area contributed by atoms with Crippen LogP contribution < -0.4 is 10.2 Å². The van der Waals surface area contributed by atoms with Gasteiger partial charge in [-0.3, -0.25) is 9.69 Å². The van der Waals surface area contributed by atoms with Crippen molar-refractivity contribution in [2.45, 2.75) is 83.8 Å². The molecule has 0 radical (unpaired) electrons. The molecule has 164 valence electrons. The van der Waals surface area contributed by atoms with Crippen LogP contribution in [-0.4, -0.2) is 53.6 Å². The Morgan fingerprint density at radius 2 is 1.97 bits per heavy atom. The number of carbonyl (C=O) groups is 1. The van der Waals surface area contributed by atoms with E-state index in [1.54, 1.807) is 0 Å². The number of oxazole rings is 1. The summed E-state index contributed by atoms with van der Waals surface area (Å²) >= 11 is 0. The lowest BCUT2D eigenvalue weighted by atomic mass is 9.97. The van der Waals surface area contributed by atoms with Gasteiger partial charge in [-0.15, -0.1) is 0 Å². The molecule has 0 spiro atoms. The number of carbonyl (C=O) groups excluding carboxylic acids is 1. The topological polar surface area (TPSA) is 61.6 Å². The zero-order chi connectivity index (χ0) is 21.1. The summed E-state index contributed by atoms with van der Waals surface area (Å²) in [7, 11) is 0. The van der Waals surface area contributed by atoms with E-state index in [-0.39, 0.29) is 11.9 Å². The molecule has 6 heteroatoms. The molecule has 1 aromatic heterocycles. The van der Waals surface area contributed by atoms with E-state index in [1.165, 1.54) is 24.8 Å². The Kier molecular flexibility index (Phi) is 6.61. The summed E-state index contributed by atoms with van der Waals surface area (Å²) in [4.78, 5) is 22.4. The average molecular weight is 413 g/mol. The third-order valence-corrected chi connectivity index (χ3v) is 6.95. The molecule has 0 bridgehead atoms. The number of rotatable bonds is 6. The lowest BCUT2D eigenvalue weighted by Crippen LogP contribution is -2.52. The van der Waals surface area contributed by atoms with Crippen LogP contribution in [0.2, 0.25) is 0 Å². The van der Waals surface area contributed by atoms with Crippen LogP contribution in [0.15, 0.2) is 22.6 Å². The van der Waals surface area contributed by atoms with Gasteiger partial charge in [-0.05, 0) is 70.1 Å². The van der Waals surface area contributed by atoms with E-state index < -0.39 is 0 Å². The molecule has 0 unspecified atom stereocenters. The fourth-order valence-electron chi connectivity index (χ4n) is 5.08. The summed E-state index contributed by atoms with van der Waals surface area (Å²) in [5.41, 5.74) is 2.92. The molecule has 1 N–H and O–H groups in total. The number of benzene rings is 1. The number of hydrogen-bond acceptors (Lipinski definition) is 5. The van der Waals surface area contributed by atoms with Crippen LogP contribution in [0.4, 0.5) is 6.01 Å². The van der Waals surface area contributed by atoms with E-state index in [9.17, 15) is 4.79 Å². The highest BCUT2D eigenvalue weighted by Gasteiger charge is 2.32. The first kappa shape index (κ1) is 21.2. The third-order valence-electron chi connectivity index (χ3n) is 6.95. The third kappa shape index (κ3) is 4.48. The minimum absolute atomic E-state index is 0.100. The van der Waals surface area contributed by atoms with Crippen LogP contribution in [0.5, 0.6) is 0 Å². The van der Waals surface area contributed by atoms with Gasteiger partial charge in [0.25, 0.3) is 6.01 Å². The summed E-state index contributed by atoms with van der Waals surface area (Å²) in [6.45, 7) is 9.17. The maximum Gasteiger partial charge on any atom is 0.299 e. The number of amides is 1. The number of anilines is 1. The molecule has 1 aromatic carbocycles. The predicted molar refractivity (Wildman–Crippen MR) is 121 cm³/mol. The Balaban J connectivity index is 1.41. The maximum atomic E-state index is 13.1. The molecule has 2 aliphatic heterocycles. The smallest absolute Gasteiger partial charge is 0.299 e. The number of piperidine rings is 2. The molecular formula is C24H36N4O2. The van der Waals surface area contributed by atoms with E-state index in [0.29, 0.717) is 24.6 Å². The van der Waals surface area contributed by atoms with Crippen molar-refractivity contribution in [3.05, 3.63) is 23.8 Å². The van der Waals surface area contributed by atoms with Crippen molar-refractivity contribution in [1.29, 1.82) is 0 Å². The molecule has 0 saturated carbocycles. The normalized spacial score (nSPS) is 25.6. The van der Waals surface area contributed by atoms with Crippen LogP contribution in [0.1, 0.15) is 64.9 Å². The Labute approximate surface area is 180 Å². The first-order chi connectivity index (χ1) is 14.6. The molecule has 2 aliphatic rings. The molecule has 2 fully saturated rings. The number of aromatic nitrogens is 1. The van der Waals surface area contributed by atoms with E-state index in [0.717, 1.165) is 49.9 Å². The van der Waals surface area contributed by atoms with E-state index >= 15 is 0 Å². The lowest BCUT2D eigenvalue weighted by Gasteiger charge is -2.39. The number of fused-ring (bicyclic) bond motifs is 1. The molecule has 2 saturated heterocycles. The van der Waals surface area contributed by atoms with Gasteiger partial charge in [0, 0.05) is 31.7 Å². The second-order valence-corrected chi connectivity index (χ2v) is 9.01. The summed E-state index contributed by atoms with van der Waals surface area (Å²) in [5, 5.41) is 3.20. The number of hydrogen-bond donors (Lipinski definition) is 1. The monoisotopic (exact) mass is 412 g/mol. The second-order valence-electron chi connectivity index (χ2n) is 9.01. The molecule has 2 aromatic rings. The van der Waals surface area contributed by atoms with Crippen molar-refractivity contribution in [1.82, 2.24) is 15.2 Å². The van der Waals surface area contributed by atoms with Crippen LogP contribution >= 0.6 is 0 Å². The highest BCUT2D eigenvalue weighted by molar-refractivity contribution is 5.85. The molecule has 0 aliphatic carbocycles. The van der Waals surface area contributed by atoms with Crippen molar-refractivity contribution >= 4 is 23.0 Å². The average Bonchev–Trinajstić information content (AvgIpc) is 3.18. The first-order valence-corrected chi connectivity index (χ1v) is 11.8. The SMILES string of the molecule is CCc1ccc2oc(N3CCCC[C@H]3C(=O)NCCN3[C@H](C)CCC[C@@H]3C)nc2c1. The van der Waals surface area contributed by atoms with Crippen molar-refractivity contribution in [2.24, 2.45) is 0 Å². The summed E-state index contributed by atoms with van der Waals surface area (Å²) in [6, 6.07) is 7.74. The van der Waals surface area contributed by atoms with Crippen LogP contribution in [0.3, 0.4) is 0 Å². The molecule has 30 heavy (non-hydrogen) atoms. The number of aryl methyl sites for hydroxylation is 1. The van der Waals surface area contributed by atoms with Gasteiger partial charge in [0.15, 0.2) is 5.58 Å². The standard InChI is InChI=1S/C24H36N4O2/c1-4-19-11-12-22-20(16-19)26-24(30-22)28-14-6-5-10-21(28)23(29)25-13-15-27-17(2)8-7-9-18(27)3/h11-12,16-18,21H,4-10,13-15H2,1-3H3,(H,25,29)/t17-,18+,21-/m0/s1. The Hall–Kier alpha value is -2.08. The molecule has 1 amide bonds. The zero-order valence-electron chi connectivity index (χ0n) is 18.7. The predicted octanol–water partition coefficient (Wildman–Crippen LogP) is 4.13. The van der Waals surface area contributed by atoms with Gasteiger partial charge in [-0.1, -0.05) is 19.4 Å². The second kappa shape index (κ2) is 9.38. The van der Waals surface area contributed by atoms with Gasteiger partial charge < -0.3 is 14.6 Å². The Morgan fingerprint density at radius 1 is 1.17 bits per heavy atom. The maximum absolute atomic E-state index is 13.1. The molecule has 4 rings (SSSR count). The minimum atomic E-state index is -0.200. The lowest BCUT2D eigenvalue weighted by molar-refractivity contribution is -0.123. The fraction of sp³-hybridized carbons (Fsp3) is 0.667. The number of nitrogens with one attached hydrogen (secondary N) is 1. The van der Waals surface area contributed by atoms with E-state index in [1.807, 2.05) is 6.07 Å². The van der Waals surface area contributed by atoms with Gasteiger partial charge in [0.05, 0.1) is 0 Å². The largest absolute Gasteiger partial charge is 0.423 e. The van der Waals surface area contributed by atoms with Crippen molar-refractivity contribution < 1.29 is 9.21 Å². The van der Waals surface area contributed by atoms with Crippen molar-refractivity contribution in [3.8, 4) is 0 Å². The van der Waals surface area contributed by atoms with E-state index in [2.05, 4.69) is 48.0 Å². The Bertz CT molecular complexity index is 854. The fourth-order valence-corrected chi connectivity index (χ4v) is 5.08. The molecule has 3 heterocycles. The highest BCUT2D eigenvalue weighted by Crippen LogP contribution is 2.28. The Morgan fingerprint density at radius 3 is 2.73 bits per heavy atom. The van der Waals surface area contributed by atoms with Crippen molar-refractivity contribution in [3.63, 3.8) is 0 Å². The molecule has 3 atom stereocenters. The van der Waals surface area contributed by atoms with Crippen LogP contribution in [0, 0.1) is 0 Å². The number of likely N-dealkylation sites (tertiary alicyclic amines) is 1. The zero-order valence-corrected chi connectivity index (χ0v) is 18.7. The minimum Gasteiger partial charge on any atom is -0.423 e. The van der Waals surface area contributed by atoms with Crippen LogP contribution in [0.25, 0.3) is 11.1 Å². The summed E-state index contributed by atoms with van der Waals surface area (Å²) < 4.78 is 6.04.